The van der Waals surface area contributed by atoms with Gasteiger partial charge in [-0.05, 0) is 25.2 Å². The Labute approximate surface area is 97.0 Å². The van der Waals surface area contributed by atoms with Crippen LogP contribution < -0.4 is 5.32 Å². The van der Waals surface area contributed by atoms with E-state index in [0.717, 1.165) is 19.3 Å². The first-order valence-corrected chi connectivity index (χ1v) is 6.15. The van der Waals surface area contributed by atoms with Crippen molar-refractivity contribution in [2.45, 2.75) is 51.7 Å². The predicted octanol–water partition coefficient (Wildman–Crippen LogP) is 1.24. The molecule has 1 saturated carbocycles. The monoisotopic (exact) mass is 229 g/mol. The fraction of sp³-hybridized carbons (Fsp3) is 0.917. The molecular formula is C12H23NO3. The van der Waals surface area contributed by atoms with Gasteiger partial charge >= 0.3 is 5.97 Å². The average molecular weight is 229 g/mol. The first-order valence-electron chi connectivity index (χ1n) is 6.15. The summed E-state index contributed by atoms with van der Waals surface area (Å²) < 4.78 is 0. The lowest BCUT2D eigenvalue weighted by Crippen LogP contribution is -2.41. The number of aliphatic carboxylic acids is 1. The van der Waals surface area contributed by atoms with Crippen LogP contribution in [-0.2, 0) is 4.79 Å². The second kappa shape index (κ2) is 6.21. The van der Waals surface area contributed by atoms with Crippen molar-refractivity contribution >= 4 is 5.97 Å². The van der Waals surface area contributed by atoms with E-state index < -0.39 is 5.97 Å². The van der Waals surface area contributed by atoms with E-state index in [-0.39, 0.29) is 24.0 Å². The number of aliphatic hydroxyl groups is 1. The van der Waals surface area contributed by atoms with Gasteiger partial charge in [0.2, 0.25) is 0 Å². The highest BCUT2D eigenvalue weighted by Crippen LogP contribution is 2.24. The van der Waals surface area contributed by atoms with Crippen LogP contribution in [0.25, 0.3) is 0 Å². The topological polar surface area (TPSA) is 69.6 Å². The highest BCUT2D eigenvalue weighted by Gasteiger charge is 2.26. The number of nitrogens with one attached hydrogen (secondary N) is 1. The second-order valence-corrected chi connectivity index (χ2v) is 5.12. The van der Waals surface area contributed by atoms with Gasteiger partial charge in [0.25, 0.3) is 0 Å². The lowest BCUT2D eigenvalue weighted by atomic mass is 9.85. The van der Waals surface area contributed by atoms with Crippen LogP contribution in [0, 0.1) is 11.8 Å². The number of carboxylic acid groups (broad SMARTS) is 1. The third-order valence-corrected chi connectivity index (χ3v) is 3.41. The Morgan fingerprint density at radius 2 is 2.12 bits per heavy atom. The lowest BCUT2D eigenvalue weighted by molar-refractivity contribution is -0.143. The molecule has 3 unspecified atom stereocenters. The van der Waals surface area contributed by atoms with Crippen molar-refractivity contribution in [3.8, 4) is 0 Å². The van der Waals surface area contributed by atoms with Crippen LogP contribution in [0.4, 0.5) is 0 Å². The van der Waals surface area contributed by atoms with Crippen LogP contribution in [0.3, 0.4) is 0 Å². The predicted molar refractivity (Wildman–Crippen MR) is 62.2 cm³/mol. The van der Waals surface area contributed by atoms with Gasteiger partial charge in [0, 0.05) is 12.6 Å². The molecule has 0 saturated heterocycles. The van der Waals surface area contributed by atoms with Gasteiger partial charge in [-0.2, -0.15) is 0 Å². The smallest absolute Gasteiger partial charge is 0.306 e. The van der Waals surface area contributed by atoms with E-state index in [1.165, 1.54) is 0 Å². The molecule has 0 aromatic heterocycles. The zero-order chi connectivity index (χ0) is 12.1. The number of carbonyl (C=O) groups is 1. The summed E-state index contributed by atoms with van der Waals surface area (Å²) in [5.74, 6) is -0.648. The molecule has 4 heteroatoms. The molecule has 0 radical (unpaired) electrons. The molecule has 0 heterocycles. The average Bonchev–Trinajstić information content (AvgIpc) is 2.26. The maximum absolute atomic E-state index is 10.9. The highest BCUT2D eigenvalue weighted by atomic mass is 16.4. The van der Waals surface area contributed by atoms with E-state index in [2.05, 4.69) is 5.32 Å². The van der Waals surface area contributed by atoms with Crippen molar-refractivity contribution < 1.29 is 15.0 Å². The van der Waals surface area contributed by atoms with Crippen molar-refractivity contribution in [1.29, 1.82) is 0 Å². The highest BCUT2D eigenvalue weighted by molar-refractivity contribution is 5.70. The van der Waals surface area contributed by atoms with E-state index in [1.54, 1.807) is 0 Å². The van der Waals surface area contributed by atoms with E-state index in [0.29, 0.717) is 13.0 Å². The minimum absolute atomic E-state index is 0.206. The summed E-state index contributed by atoms with van der Waals surface area (Å²) in [5, 5.41) is 21.9. The molecule has 0 amide bonds. The van der Waals surface area contributed by atoms with Gasteiger partial charge in [-0.25, -0.2) is 0 Å². The molecule has 1 aliphatic carbocycles. The molecule has 4 nitrogen and oxygen atoms in total. The fourth-order valence-electron chi connectivity index (χ4n) is 2.12. The quantitative estimate of drug-likeness (QED) is 0.663. The number of carboxylic acids is 1. The van der Waals surface area contributed by atoms with E-state index in [4.69, 9.17) is 5.11 Å². The van der Waals surface area contributed by atoms with Gasteiger partial charge in [0.05, 0.1) is 12.0 Å². The summed E-state index contributed by atoms with van der Waals surface area (Å²) in [5.41, 5.74) is 0. The van der Waals surface area contributed by atoms with Gasteiger partial charge in [0.15, 0.2) is 0 Å². The molecule has 94 valence electrons. The summed E-state index contributed by atoms with van der Waals surface area (Å²) in [4.78, 5) is 10.9. The Bertz CT molecular complexity index is 230. The Hall–Kier alpha value is -0.610. The van der Waals surface area contributed by atoms with Crippen LogP contribution in [0.1, 0.15) is 39.5 Å². The fourth-order valence-corrected chi connectivity index (χ4v) is 2.12. The van der Waals surface area contributed by atoms with Crippen molar-refractivity contribution in [1.82, 2.24) is 5.32 Å². The molecule has 1 fully saturated rings. The molecule has 0 bridgehead atoms. The van der Waals surface area contributed by atoms with Crippen LogP contribution in [0.15, 0.2) is 0 Å². The summed E-state index contributed by atoms with van der Waals surface area (Å²) in [6.45, 7) is 4.52. The summed E-state index contributed by atoms with van der Waals surface area (Å²) >= 11 is 0. The third kappa shape index (κ3) is 4.10. The number of aliphatic hydroxyl groups excluding tert-OH is 1. The minimum atomic E-state index is -0.684. The second-order valence-electron chi connectivity index (χ2n) is 5.12. The zero-order valence-electron chi connectivity index (χ0n) is 10.1. The minimum Gasteiger partial charge on any atom is -0.481 e. The molecule has 1 aliphatic rings. The van der Waals surface area contributed by atoms with E-state index in [1.807, 2.05) is 13.8 Å². The van der Waals surface area contributed by atoms with Gasteiger partial charge in [-0.1, -0.05) is 20.3 Å². The van der Waals surface area contributed by atoms with Crippen molar-refractivity contribution in [3.05, 3.63) is 0 Å². The number of hydrogen-bond donors (Lipinski definition) is 3. The van der Waals surface area contributed by atoms with Crippen LogP contribution in [-0.4, -0.2) is 34.9 Å². The van der Waals surface area contributed by atoms with Crippen LogP contribution in [0.2, 0.25) is 0 Å². The third-order valence-electron chi connectivity index (χ3n) is 3.41. The lowest BCUT2D eigenvalue weighted by Gasteiger charge is -2.28. The molecular weight excluding hydrogens is 206 g/mol. The van der Waals surface area contributed by atoms with Gasteiger partial charge in [0.1, 0.15) is 0 Å². The van der Waals surface area contributed by atoms with Gasteiger partial charge in [-0.15, -0.1) is 0 Å². The largest absolute Gasteiger partial charge is 0.481 e. The molecule has 0 aliphatic heterocycles. The molecule has 3 N–H and O–H groups in total. The first-order chi connectivity index (χ1) is 7.50. The Morgan fingerprint density at radius 1 is 1.44 bits per heavy atom. The SMILES string of the molecule is CC(C)C(O)CNC1CCCC(C(=O)O)C1. The van der Waals surface area contributed by atoms with Crippen molar-refractivity contribution in [3.63, 3.8) is 0 Å². The molecule has 16 heavy (non-hydrogen) atoms. The molecule has 0 aromatic rings. The van der Waals surface area contributed by atoms with Crippen molar-refractivity contribution in [2.75, 3.05) is 6.54 Å². The van der Waals surface area contributed by atoms with Crippen LogP contribution >= 0.6 is 0 Å². The standard InChI is InChI=1S/C12H23NO3/c1-8(2)11(14)7-13-10-5-3-4-9(6-10)12(15)16/h8-11,13-14H,3-7H2,1-2H3,(H,15,16). The Kier molecular flexibility index (Phi) is 5.22. The zero-order valence-corrected chi connectivity index (χ0v) is 10.1. The maximum Gasteiger partial charge on any atom is 0.306 e. The van der Waals surface area contributed by atoms with Crippen LogP contribution in [0.5, 0.6) is 0 Å². The summed E-state index contributed by atoms with van der Waals surface area (Å²) in [6.07, 6.45) is 3.13. The van der Waals surface area contributed by atoms with Gasteiger partial charge in [-0.3, -0.25) is 4.79 Å². The summed E-state index contributed by atoms with van der Waals surface area (Å²) in [7, 11) is 0. The Balaban J connectivity index is 2.29. The number of rotatable bonds is 5. The molecule has 0 spiro atoms. The molecule has 0 aromatic carbocycles. The van der Waals surface area contributed by atoms with Crippen molar-refractivity contribution in [2.24, 2.45) is 11.8 Å². The van der Waals surface area contributed by atoms with E-state index >= 15 is 0 Å². The van der Waals surface area contributed by atoms with E-state index in [9.17, 15) is 9.90 Å². The first kappa shape index (κ1) is 13.5. The number of hydrogen-bond acceptors (Lipinski definition) is 3. The molecule has 1 rings (SSSR count). The Morgan fingerprint density at radius 3 is 2.69 bits per heavy atom. The normalized spacial score (nSPS) is 28.0. The maximum atomic E-state index is 10.9. The summed E-state index contributed by atoms with van der Waals surface area (Å²) in [6, 6.07) is 0.253. The van der Waals surface area contributed by atoms with Gasteiger partial charge < -0.3 is 15.5 Å². The molecule has 3 atom stereocenters.